The van der Waals surface area contributed by atoms with Crippen LogP contribution in [0, 0.1) is 11.6 Å². The van der Waals surface area contributed by atoms with Crippen molar-refractivity contribution in [2.75, 3.05) is 18.5 Å². The number of hydrogen-bond acceptors (Lipinski definition) is 4. The van der Waals surface area contributed by atoms with Crippen LogP contribution in [0.3, 0.4) is 0 Å². The molecule has 0 spiro atoms. The SMILES string of the molecule is O=C(/C=C/CNC(=O)OCC1c2ccccc2-c2ccccc21)Nc1ccc(F)c(C(=O)O)c1F. The van der Waals surface area contributed by atoms with Gasteiger partial charge in [0.15, 0.2) is 5.82 Å². The van der Waals surface area contributed by atoms with Crippen molar-refractivity contribution < 1.29 is 33.0 Å². The molecule has 3 N–H and O–H groups in total. The minimum absolute atomic E-state index is 0.0453. The summed E-state index contributed by atoms with van der Waals surface area (Å²) in [7, 11) is 0. The first kappa shape index (κ1) is 23.6. The van der Waals surface area contributed by atoms with Crippen LogP contribution in [0.5, 0.6) is 0 Å². The molecule has 178 valence electrons. The van der Waals surface area contributed by atoms with Crippen molar-refractivity contribution >= 4 is 23.7 Å². The number of carbonyl (C=O) groups excluding carboxylic acids is 2. The van der Waals surface area contributed by atoms with E-state index < -0.39 is 40.9 Å². The van der Waals surface area contributed by atoms with E-state index in [0.29, 0.717) is 0 Å². The maximum atomic E-state index is 14.1. The molecule has 0 unspecified atom stereocenters. The monoisotopic (exact) mass is 478 g/mol. The average Bonchev–Trinajstić information content (AvgIpc) is 3.16. The van der Waals surface area contributed by atoms with Crippen molar-refractivity contribution in [2.45, 2.75) is 5.92 Å². The normalized spacial score (nSPS) is 12.2. The highest BCUT2D eigenvalue weighted by Gasteiger charge is 2.29. The van der Waals surface area contributed by atoms with Crippen molar-refractivity contribution in [3.63, 3.8) is 0 Å². The van der Waals surface area contributed by atoms with Crippen LogP contribution in [0.1, 0.15) is 27.4 Å². The van der Waals surface area contributed by atoms with E-state index in [1.165, 1.54) is 6.08 Å². The number of benzene rings is 3. The molecule has 0 aliphatic heterocycles. The third kappa shape index (κ3) is 5.03. The lowest BCUT2D eigenvalue weighted by molar-refractivity contribution is -0.112. The summed E-state index contributed by atoms with van der Waals surface area (Å²) >= 11 is 0. The van der Waals surface area contributed by atoms with E-state index in [2.05, 4.69) is 10.6 Å². The van der Waals surface area contributed by atoms with Crippen LogP contribution in [-0.2, 0) is 9.53 Å². The molecule has 0 heterocycles. The lowest BCUT2D eigenvalue weighted by Crippen LogP contribution is -2.26. The quantitative estimate of drug-likeness (QED) is 0.427. The molecule has 3 aromatic rings. The Kier molecular flexibility index (Phi) is 6.86. The number of rotatable bonds is 7. The van der Waals surface area contributed by atoms with Crippen molar-refractivity contribution in [2.24, 2.45) is 0 Å². The van der Waals surface area contributed by atoms with Gasteiger partial charge in [-0.1, -0.05) is 54.6 Å². The van der Waals surface area contributed by atoms with Crippen LogP contribution in [0.15, 0.2) is 72.8 Å². The fourth-order valence-electron chi connectivity index (χ4n) is 3.98. The molecule has 0 saturated heterocycles. The summed E-state index contributed by atoms with van der Waals surface area (Å²) in [6, 6.07) is 17.5. The van der Waals surface area contributed by atoms with Crippen molar-refractivity contribution in [1.29, 1.82) is 0 Å². The lowest BCUT2D eigenvalue weighted by atomic mass is 9.98. The molecule has 7 nitrogen and oxygen atoms in total. The number of carboxylic acids is 1. The van der Waals surface area contributed by atoms with E-state index in [4.69, 9.17) is 9.84 Å². The van der Waals surface area contributed by atoms with E-state index >= 15 is 0 Å². The number of amides is 2. The highest BCUT2D eigenvalue weighted by atomic mass is 19.1. The minimum atomic E-state index is -1.79. The number of carbonyl (C=O) groups is 3. The first-order chi connectivity index (χ1) is 16.9. The fraction of sp³-hybridized carbons (Fsp3) is 0.115. The smallest absolute Gasteiger partial charge is 0.407 e. The van der Waals surface area contributed by atoms with E-state index in [9.17, 15) is 23.2 Å². The number of alkyl carbamates (subject to hydrolysis) is 1. The predicted molar refractivity (Wildman–Crippen MR) is 124 cm³/mol. The second kappa shape index (κ2) is 10.2. The van der Waals surface area contributed by atoms with E-state index in [0.717, 1.165) is 40.5 Å². The first-order valence-electron chi connectivity index (χ1n) is 10.6. The number of hydrogen-bond donors (Lipinski definition) is 3. The van der Waals surface area contributed by atoms with Crippen molar-refractivity contribution in [1.82, 2.24) is 5.32 Å². The lowest BCUT2D eigenvalue weighted by Gasteiger charge is -2.14. The number of nitrogens with one attached hydrogen (secondary N) is 2. The fourth-order valence-corrected chi connectivity index (χ4v) is 3.98. The Bertz CT molecular complexity index is 1290. The number of aromatic carboxylic acids is 1. The summed E-state index contributed by atoms with van der Waals surface area (Å²) in [6.07, 6.45) is 1.65. The second-order valence-corrected chi connectivity index (χ2v) is 7.69. The predicted octanol–water partition coefficient (Wildman–Crippen LogP) is 4.70. The molecule has 0 fully saturated rings. The highest BCUT2D eigenvalue weighted by Crippen LogP contribution is 2.44. The molecule has 0 saturated carbocycles. The first-order valence-corrected chi connectivity index (χ1v) is 10.6. The molecule has 0 bridgehead atoms. The molecule has 1 aliphatic carbocycles. The van der Waals surface area contributed by atoms with Gasteiger partial charge in [0.25, 0.3) is 0 Å². The van der Waals surface area contributed by atoms with Crippen LogP contribution >= 0.6 is 0 Å². The zero-order valence-electron chi connectivity index (χ0n) is 18.3. The van der Waals surface area contributed by atoms with E-state index in [1.807, 2.05) is 48.5 Å². The standard InChI is InChI=1S/C26H20F2N2O5/c27-20-11-12-21(24(28)23(20)25(32)33)30-22(31)10-5-13-29-26(34)35-14-19-17-8-3-1-6-15(17)16-7-2-4-9-18(16)19/h1-12,19H,13-14H2,(H,29,34)(H,30,31)(H,32,33)/b10-5+. The molecule has 3 aromatic carbocycles. The Hall–Kier alpha value is -4.53. The van der Waals surface area contributed by atoms with Crippen LogP contribution in [0.4, 0.5) is 19.3 Å². The molecule has 1 aliphatic rings. The van der Waals surface area contributed by atoms with Gasteiger partial charge in [-0.2, -0.15) is 0 Å². The van der Waals surface area contributed by atoms with Gasteiger partial charge in [0.1, 0.15) is 18.0 Å². The molecular weight excluding hydrogens is 458 g/mol. The van der Waals surface area contributed by atoms with Gasteiger partial charge < -0.3 is 20.5 Å². The topological polar surface area (TPSA) is 105 Å². The zero-order valence-corrected chi connectivity index (χ0v) is 18.3. The van der Waals surface area contributed by atoms with Crippen LogP contribution in [0.25, 0.3) is 11.1 Å². The third-order valence-corrected chi connectivity index (χ3v) is 5.54. The second-order valence-electron chi connectivity index (χ2n) is 7.69. The van der Waals surface area contributed by atoms with Gasteiger partial charge in [-0.25, -0.2) is 18.4 Å². The van der Waals surface area contributed by atoms with E-state index in [-0.39, 0.29) is 19.1 Å². The van der Waals surface area contributed by atoms with Gasteiger partial charge in [0.2, 0.25) is 5.91 Å². The summed E-state index contributed by atoms with van der Waals surface area (Å²) in [6.45, 7) is 0.0934. The average molecular weight is 478 g/mol. The van der Waals surface area contributed by atoms with Gasteiger partial charge in [0.05, 0.1) is 5.69 Å². The van der Waals surface area contributed by atoms with Gasteiger partial charge in [-0.15, -0.1) is 0 Å². The number of ether oxygens (including phenoxy) is 1. The number of carboxylic acid groups (broad SMARTS) is 1. The molecule has 9 heteroatoms. The van der Waals surface area contributed by atoms with Gasteiger partial charge >= 0.3 is 12.1 Å². The summed E-state index contributed by atoms with van der Waals surface area (Å²) < 4.78 is 32.9. The van der Waals surface area contributed by atoms with Crippen molar-refractivity contribution in [3.8, 4) is 11.1 Å². The molecule has 4 rings (SSSR count). The summed E-state index contributed by atoms with van der Waals surface area (Å²) in [5.41, 5.74) is 2.74. The maximum absolute atomic E-state index is 14.1. The maximum Gasteiger partial charge on any atom is 0.407 e. The molecule has 35 heavy (non-hydrogen) atoms. The third-order valence-electron chi connectivity index (χ3n) is 5.54. The molecule has 2 amide bonds. The minimum Gasteiger partial charge on any atom is -0.477 e. The number of halogens is 2. The Morgan fingerprint density at radius 3 is 2.20 bits per heavy atom. The Morgan fingerprint density at radius 1 is 0.943 bits per heavy atom. The number of anilines is 1. The van der Waals surface area contributed by atoms with Crippen LogP contribution in [-0.4, -0.2) is 36.2 Å². The highest BCUT2D eigenvalue weighted by molar-refractivity contribution is 6.00. The van der Waals surface area contributed by atoms with Crippen LogP contribution < -0.4 is 10.6 Å². The van der Waals surface area contributed by atoms with E-state index in [1.54, 1.807) is 0 Å². The Balaban J connectivity index is 1.28. The molecule has 0 radical (unpaired) electrons. The molecule has 0 atom stereocenters. The molecule has 0 aromatic heterocycles. The Morgan fingerprint density at radius 2 is 1.57 bits per heavy atom. The van der Waals surface area contributed by atoms with Crippen molar-refractivity contribution in [3.05, 3.63) is 101 Å². The largest absolute Gasteiger partial charge is 0.477 e. The summed E-state index contributed by atoms with van der Waals surface area (Å²) in [5, 5.41) is 13.5. The number of fused-ring (bicyclic) bond motifs is 3. The van der Waals surface area contributed by atoms with Gasteiger partial charge in [-0.05, 0) is 34.4 Å². The summed E-state index contributed by atoms with van der Waals surface area (Å²) in [5.74, 6) is -5.32. The zero-order chi connectivity index (χ0) is 24.9. The Labute approximate surface area is 199 Å². The van der Waals surface area contributed by atoms with Crippen LogP contribution in [0.2, 0.25) is 0 Å². The summed E-state index contributed by atoms with van der Waals surface area (Å²) in [4.78, 5) is 35.0. The van der Waals surface area contributed by atoms with Gasteiger partial charge in [-0.3, -0.25) is 4.79 Å². The molecular formula is C26H20F2N2O5. The van der Waals surface area contributed by atoms with Gasteiger partial charge in [0, 0.05) is 18.5 Å².